The third kappa shape index (κ3) is 3.53. The van der Waals surface area contributed by atoms with Crippen molar-refractivity contribution in [2.75, 3.05) is 7.11 Å². The number of nitrogens with one attached hydrogen (secondary N) is 2. The van der Waals surface area contributed by atoms with E-state index in [9.17, 15) is 19.8 Å². The van der Waals surface area contributed by atoms with E-state index in [0.29, 0.717) is 30.8 Å². The fourth-order valence-electron chi connectivity index (χ4n) is 3.06. The molecule has 0 saturated carbocycles. The molecular formula is C18H22N4O5. The van der Waals surface area contributed by atoms with Crippen molar-refractivity contribution in [3.05, 3.63) is 50.2 Å². The zero-order valence-corrected chi connectivity index (χ0v) is 15.2. The Morgan fingerprint density at radius 3 is 2.78 bits per heavy atom. The van der Waals surface area contributed by atoms with Gasteiger partial charge in [-0.3, -0.25) is 14.3 Å². The van der Waals surface area contributed by atoms with Crippen LogP contribution < -0.4 is 21.4 Å². The molecule has 0 aliphatic carbocycles. The molecule has 9 nitrogen and oxygen atoms in total. The molecule has 2 aromatic rings. The number of aromatic hydroxyl groups is 2. The van der Waals surface area contributed by atoms with Gasteiger partial charge in [0.1, 0.15) is 5.56 Å². The number of ether oxygens (including phenoxy) is 1. The summed E-state index contributed by atoms with van der Waals surface area (Å²) >= 11 is 0. The van der Waals surface area contributed by atoms with Gasteiger partial charge in [-0.15, -0.1) is 0 Å². The lowest BCUT2D eigenvalue weighted by Crippen LogP contribution is -2.33. The summed E-state index contributed by atoms with van der Waals surface area (Å²) in [5.41, 5.74) is 2.67. The second-order valence-electron chi connectivity index (χ2n) is 6.34. The van der Waals surface area contributed by atoms with Gasteiger partial charge in [-0.25, -0.2) is 4.79 Å². The quantitative estimate of drug-likeness (QED) is 0.601. The zero-order chi connectivity index (χ0) is 19.6. The maximum Gasteiger partial charge on any atom is 0.331 e. The highest BCUT2D eigenvalue weighted by Crippen LogP contribution is 2.32. The van der Waals surface area contributed by atoms with E-state index in [4.69, 9.17) is 4.74 Å². The van der Waals surface area contributed by atoms with Gasteiger partial charge in [-0.2, -0.15) is 5.10 Å². The van der Waals surface area contributed by atoms with E-state index >= 15 is 0 Å². The van der Waals surface area contributed by atoms with Gasteiger partial charge in [0.05, 0.1) is 18.9 Å². The maximum atomic E-state index is 12.3. The Morgan fingerprint density at radius 1 is 1.33 bits per heavy atom. The van der Waals surface area contributed by atoms with Crippen LogP contribution in [-0.4, -0.2) is 32.6 Å². The second kappa shape index (κ2) is 7.56. The van der Waals surface area contributed by atoms with Gasteiger partial charge in [-0.1, -0.05) is 19.4 Å². The van der Waals surface area contributed by atoms with Gasteiger partial charge in [-0.05, 0) is 24.1 Å². The van der Waals surface area contributed by atoms with Crippen molar-refractivity contribution in [2.24, 2.45) is 5.10 Å². The van der Waals surface area contributed by atoms with Crippen molar-refractivity contribution in [3.8, 4) is 17.4 Å². The zero-order valence-electron chi connectivity index (χ0n) is 15.2. The van der Waals surface area contributed by atoms with E-state index in [1.807, 2.05) is 6.92 Å². The number of phenolic OH excluding ortho intramolecular Hbond substituents is 1. The standard InChI is InChI=1S/C18H22N4O5/c1-3-4-7-22-17(25)15(16(24)19-18(22)26)12-9-11(20-21-12)10-5-6-14(27-2)13(23)8-10/h5-6,8,11,20,23,25H,3-4,7,9H2,1-2H3,(H,19,24,26)/t11-/m0/s1. The number of hydrogen-bond acceptors (Lipinski definition) is 7. The van der Waals surface area contributed by atoms with Crippen molar-refractivity contribution < 1.29 is 14.9 Å². The number of aromatic amines is 1. The summed E-state index contributed by atoms with van der Waals surface area (Å²) in [6, 6.07) is 4.69. The fraction of sp³-hybridized carbons (Fsp3) is 0.389. The molecule has 0 radical (unpaired) electrons. The Balaban J connectivity index is 1.90. The molecular weight excluding hydrogens is 352 g/mol. The molecule has 0 amide bonds. The number of nitrogens with zero attached hydrogens (tertiary/aromatic N) is 2. The minimum Gasteiger partial charge on any atom is -0.504 e. The molecule has 1 aromatic heterocycles. The van der Waals surface area contributed by atoms with Crippen LogP contribution in [-0.2, 0) is 6.54 Å². The Morgan fingerprint density at radius 2 is 2.11 bits per heavy atom. The Bertz CT molecular complexity index is 992. The summed E-state index contributed by atoms with van der Waals surface area (Å²) in [5, 5.41) is 24.6. The lowest BCUT2D eigenvalue weighted by atomic mass is 9.99. The molecule has 1 aliphatic heterocycles. The number of phenols is 1. The van der Waals surface area contributed by atoms with E-state index in [-0.39, 0.29) is 23.2 Å². The Hall–Kier alpha value is -3.23. The van der Waals surface area contributed by atoms with E-state index in [1.165, 1.54) is 7.11 Å². The molecule has 1 aliphatic rings. The van der Waals surface area contributed by atoms with Crippen LogP contribution >= 0.6 is 0 Å². The van der Waals surface area contributed by atoms with E-state index < -0.39 is 11.2 Å². The van der Waals surface area contributed by atoms with E-state index in [0.717, 1.165) is 16.6 Å². The Kier molecular flexibility index (Phi) is 5.20. The smallest absolute Gasteiger partial charge is 0.331 e. The molecule has 0 saturated heterocycles. The monoisotopic (exact) mass is 374 g/mol. The van der Waals surface area contributed by atoms with Crippen LogP contribution in [0.25, 0.3) is 0 Å². The van der Waals surface area contributed by atoms with Crippen molar-refractivity contribution in [1.29, 1.82) is 0 Å². The number of methoxy groups -OCH3 is 1. The van der Waals surface area contributed by atoms with Crippen LogP contribution in [0.4, 0.5) is 0 Å². The number of rotatable bonds is 6. The summed E-state index contributed by atoms with van der Waals surface area (Å²) in [4.78, 5) is 26.5. The second-order valence-corrected chi connectivity index (χ2v) is 6.34. The Labute approximate surface area is 154 Å². The predicted molar refractivity (Wildman–Crippen MR) is 99.6 cm³/mol. The van der Waals surface area contributed by atoms with Gasteiger partial charge in [0, 0.05) is 13.0 Å². The lowest BCUT2D eigenvalue weighted by molar-refractivity contribution is 0.372. The molecule has 2 heterocycles. The molecule has 1 atom stereocenters. The third-order valence-electron chi connectivity index (χ3n) is 4.55. The van der Waals surface area contributed by atoms with Crippen LogP contribution in [0.2, 0.25) is 0 Å². The van der Waals surface area contributed by atoms with Gasteiger partial charge < -0.3 is 20.4 Å². The minimum absolute atomic E-state index is 0.000871. The molecule has 0 bridgehead atoms. The molecule has 1 aromatic carbocycles. The van der Waals surface area contributed by atoms with E-state index in [2.05, 4.69) is 15.5 Å². The summed E-state index contributed by atoms with van der Waals surface area (Å²) in [6.07, 6.45) is 1.84. The van der Waals surface area contributed by atoms with Crippen LogP contribution in [0.1, 0.15) is 43.4 Å². The fourth-order valence-corrected chi connectivity index (χ4v) is 3.06. The number of H-pyrrole nitrogens is 1. The summed E-state index contributed by atoms with van der Waals surface area (Å²) in [6.45, 7) is 2.27. The third-order valence-corrected chi connectivity index (χ3v) is 4.55. The first-order valence-electron chi connectivity index (χ1n) is 8.71. The molecule has 0 unspecified atom stereocenters. The van der Waals surface area contributed by atoms with Gasteiger partial charge in [0.25, 0.3) is 5.56 Å². The average Bonchev–Trinajstić information content (AvgIpc) is 3.11. The average molecular weight is 374 g/mol. The molecule has 0 fully saturated rings. The minimum atomic E-state index is -0.677. The molecule has 3 rings (SSSR count). The first-order valence-corrected chi connectivity index (χ1v) is 8.71. The van der Waals surface area contributed by atoms with Gasteiger partial charge in [0.15, 0.2) is 11.5 Å². The molecule has 144 valence electrons. The van der Waals surface area contributed by atoms with E-state index in [1.54, 1.807) is 18.2 Å². The van der Waals surface area contributed by atoms with Crippen LogP contribution in [0, 0.1) is 0 Å². The van der Waals surface area contributed by atoms with Crippen LogP contribution in [0.5, 0.6) is 17.4 Å². The number of benzene rings is 1. The first kappa shape index (κ1) is 18.6. The topological polar surface area (TPSA) is 129 Å². The predicted octanol–water partition coefficient (Wildman–Crippen LogP) is 1.20. The van der Waals surface area contributed by atoms with Crippen LogP contribution in [0.3, 0.4) is 0 Å². The summed E-state index contributed by atoms with van der Waals surface area (Å²) in [5.74, 6) is -0.0231. The lowest BCUT2D eigenvalue weighted by Gasteiger charge is -2.13. The highest BCUT2D eigenvalue weighted by atomic mass is 16.5. The number of hydrazone groups is 1. The molecule has 9 heteroatoms. The van der Waals surface area contributed by atoms with Gasteiger partial charge in [0.2, 0.25) is 5.88 Å². The number of unbranched alkanes of at least 4 members (excludes halogenated alkanes) is 1. The van der Waals surface area contributed by atoms with Crippen molar-refractivity contribution in [2.45, 2.75) is 38.8 Å². The summed E-state index contributed by atoms with van der Waals surface area (Å²) in [7, 11) is 1.46. The molecule has 4 N–H and O–H groups in total. The molecule has 0 spiro atoms. The van der Waals surface area contributed by atoms with Gasteiger partial charge >= 0.3 is 5.69 Å². The van der Waals surface area contributed by atoms with Crippen molar-refractivity contribution in [3.63, 3.8) is 0 Å². The number of aromatic nitrogens is 2. The summed E-state index contributed by atoms with van der Waals surface area (Å²) < 4.78 is 6.18. The highest BCUT2D eigenvalue weighted by Gasteiger charge is 2.27. The normalized spacial score (nSPS) is 16.1. The highest BCUT2D eigenvalue weighted by molar-refractivity contribution is 6.03. The van der Waals surface area contributed by atoms with Crippen LogP contribution in [0.15, 0.2) is 32.9 Å². The SMILES string of the molecule is CCCCn1c(O)c(C2=NN[C@H](c3ccc(OC)c(O)c3)C2)c(=O)[nH]c1=O. The van der Waals surface area contributed by atoms with Crippen molar-refractivity contribution >= 4 is 5.71 Å². The number of hydrogen-bond donors (Lipinski definition) is 4. The maximum absolute atomic E-state index is 12.3. The molecule has 27 heavy (non-hydrogen) atoms. The first-order chi connectivity index (χ1) is 13.0. The van der Waals surface area contributed by atoms with Crippen molar-refractivity contribution in [1.82, 2.24) is 15.0 Å². The largest absolute Gasteiger partial charge is 0.504 e.